The number of nitrogens with zero attached hydrogens (tertiary/aromatic N) is 5. The van der Waals surface area contributed by atoms with Crippen LogP contribution in [0.1, 0.15) is 24.2 Å². The van der Waals surface area contributed by atoms with Crippen LogP contribution in [0, 0.1) is 0 Å². The summed E-state index contributed by atoms with van der Waals surface area (Å²) >= 11 is 0. The van der Waals surface area contributed by atoms with Crippen molar-refractivity contribution in [3.63, 3.8) is 0 Å². The molecule has 1 aliphatic rings. The number of hydrogen-bond donors (Lipinski definition) is 2. The molecule has 1 aromatic carbocycles. The number of carbonyl (C=O) groups excluding carboxylic acids is 1. The van der Waals surface area contributed by atoms with Crippen molar-refractivity contribution in [3.05, 3.63) is 36.0 Å². The van der Waals surface area contributed by atoms with Gasteiger partial charge in [0.1, 0.15) is 5.75 Å². The van der Waals surface area contributed by atoms with Crippen molar-refractivity contribution in [2.24, 2.45) is 7.05 Å². The standard InChI is InChI=1S/C20H25N7O2/c1-4-29-17-10-16-14(12-26(3)25-16)9-15(17)20(28)22-18-5-6-19(24-23-18)27-8-7-21-13(2)11-27/h5-6,9-10,12-13,21H,4,7-8,11H2,1-3H3,(H,22,23,28)/t13-/m1/s1. The Kier molecular flexibility index (Phi) is 5.30. The molecule has 0 aliphatic carbocycles. The number of anilines is 2. The smallest absolute Gasteiger partial charge is 0.260 e. The lowest BCUT2D eigenvalue weighted by Crippen LogP contribution is -2.49. The molecule has 9 heteroatoms. The van der Waals surface area contributed by atoms with Gasteiger partial charge in [0.15, 0.2) is 11.6 Å². The second kappa shape index (κ2) is 8.04. The van der Waals surface area contributed by atoms with Crippen molar-refractivity contribution in [1.82, 2.24) is 25.3 Å². The lowest BCUT2D eigenvalue weighted by Gasteiger charge is -2.32. The van der Waals surface area contributed by atoms with Gasteiger partial charge in [-0.05, 0) is 32.0 Å². The van der Waals surface area contributed by atoms with Crippen LogP contribution >= 0.6 is 0 Å². The molecule has 4 rings (SSSR count). The van der Waals surface area contributed by atoms with E-state index in [2.05, 4.69) is 37.8 Å². The molecule has 3 aromatic rings. The summed E-state index contributed by atoms with van der Waals surface area (Å²) in [6, 6.07) is 7.63. The summed E-state index contributed by atoms with van der Waals surface area (Å²) in [6.45, 7) is 7.15. The first-order chi connectivity index (χ1) is 14.0. The van der Waals surface area contributed by atoms with Gasteiger partial charge in [-0.3, -0.25) is 9.48 Å². The minimum Gasteiger partial charge on any atom is -0.493 e. The Bertz CT molecular complexity index is 1020. The van der Waals surface area contributed by atoms with Gasteiger partial charge in [0.05, 0.1) is 17.7 Å². The van der Waals surface area contributed by atoms with Gasteiger partial charge < -0.3 is 20.3 Å². The highest BCUT2D eigenvalue weighted by Gasteiger charge is 2.19. The van der Waals surface area contributed by atoms with E-state index in [1.165, 1.54) is 0 Å². The molecule has 1 atom stereocenters. The van der Waals surface area contributed by atoms with Crippen molar-refractivity contribution in [3.8, 4) is 5.75 Å². The number of aromatic nitrogens is 4. The number of nitrogens with one attached hydrogen (secondary N) is 2. The van der Waals surface area contributed by atoms with Crippen LogP contribution in [0.25, 0.3) is 10.9 Å². The lowest BCUT2D eigenvalue weighted by molar-refractivity contribution is 0.102. The molecule has 1 amide bonds. The third-order valence-corrected chi connectivity index (χ3v) is 4.85. The second-order valence-electron chi connectivity index (χ2n) is 7.18. The maximum absolute atomic E-state index is 12.9. The Morgan fingerprint density at radius 3 is 2.93 bits per heavy atom. The van der Waals surface area contributed by atoms with E-state index in [0.29, 0.717) is 29.8 Å². The van der Waals surface area contributed by atoms with E-state index >= 15 is 0 Å². The fraction of sp³-hybridized carbons (Fsp3) is 0.400. The van der Waals surface area contributed by atoms with Crippen LogP contribution in [0.4, 0.5) is 11.6 Å². The maximum Gasteiger partial charge on any atom is 0.260 e. The van der Waals surface area contributed by atoms with Gasteiger partial charge in [0.2, 0.25) is 0 Å². The van der Waals surface area contributed by atoms with Crippen molar-refractivity contribution in [2.75, 3.05) is 36.5 Å². The topological polar surface area (TPSA) is 97.2 Å². The van der Waals surface area contributed by atoms with Crippen LogP contribution in [0.3, 0.4) is 0 Å². The SMILES string of the molecule is CCOc1cc2nn(C)cc2cc1C(=O)Nc1ccc(N2CCN[C@H](C)C2)nn1. The molecule has 152 valence electrons. The summed E-state index contributed by atoms with van der Waals surface area (Å²) in [5, 5.41) is 19.9. The molecule has 0 saturated carbocycles. The molecule has 0 bridgehead atoms. The predicted molar refractivity (Wildman–Crippen MR) is 112 cm³/mol. The van der Waals surface area contributed by atoms with Crippen LogP contribution in [0.2, 0.25) is 0 Å². The molecule has 0 unspecified atom stereocenters. The molecule has 9 nitrogen and oxygen atoms in total. The number of aryl methyl sites for hydroxylation is 1. The van der Waals surface area contributed by atoms with E-state index in [9.17, 15) is 4.79 Å². The number of piperazine rings is 1. The van der Waals surface area contributed by atoms with Crippen LogP contribution in [0.5, 0.6) is 5.75 Å². The molecule has 1 saturated heterocycles. The maximum atomic E-state index is 12.9. The molecular formula is C20H25N7O2. The van der Waals surface area contributed by atoms with Gasteiger partial charge in [-0.2, -0.15) is 5.10 Å². The monoisotopic (exact) mass is 395 g/mol. The Morgan fingerprint density at radius 1 is 1.34 bits per heavy atom. The molecule has 29 heavy (non-hydrogen) atoms. The van der Waals surface area contributed by atoms with Crippen LogP contribution < -0.4 is 20.3 Å². The van der Waals surface area contributed by atoms with Gasteiger partial charge in [0.25, 0.3) is 5.91 Å². The summed E-state index contributed by atoms with van der Waals surface area (Å²) in [4.78, 5) is 15.1. The fourth-order valence-electron chi connectivity index (χ4n) is 3.51. The number of carbonyl (C=O) groups is 1. The largest absolute Gasteiger partial charge is 0.493 e. The molecule has 2 N–H and O–H groups in total. The van der Waals surface area contributed by atoms with E-state index in [-0.39, 0.29) is 5.91 Å². The van der Waals surface area contributed by atoms with E-state index in [0.717, 1.165) is 36.4 Å². The number of amides is 1. The summed E-state index contributed by atoms with van der Waals surface area (Å²) in [7, 11) is 1.84. The average Bonchev–Trinajstić information content (AvgIpc) is 3.07. The molecule has 1 aliphatic heterocycles. The number of hydrogen-bond acceptors (Lipinski definition) is 7. The van der Waals surface area contributed by atoms with Gasteiger partial charge in [0, 0.05) is 50.4 Å². The highest BCUT2D eigenvalue weighted by Crippen LogP contribution is 2.26. The Hall–Kier alpha value is -3.20. The van der Waals surface area contributed by atoms with Crippen LogP contribution in [-0.2, 0) is 7.05 Å². The molecular weight excluding hydrogens is 370 g/mol. The zero-order valence-electron chi connectivity index (χ0n) is 16.8. The molecule has 0 spiro atoms. The highest BCUT2D eigenvalue weighted by molar-refractivity contribution is 6.08. The second-order valence-corrected chi connectivity index (χ2v) is 7.18. The molecule has 1 fully saturated rings. The van der Waals surface area contributed by atoms with Gasteiger partial charge in [-0.25, -0.2) is 0 Å². The third-order valence-electron chi connectivity index (χ3n) is 4.85. The van der Waals surface area contributed by atoms with E-state index in [1.54, 1.807) is 22.9 Å². The Labute approximate surface area is 169 Å². The minimum atomic E-state index is -0.294. The number of ether oxygens (including phenoxy) is 1. The summed E-state index contributed by atoms with van der Waals surface area (Å²) < 4.78 is 7.37. The number of benzene rings is 1. The van der Waals surface area contributed by atoms with E-state index in [1.807, 2.05) is 26.2 Å². The molecule has 2 aromatic heterocycles. The van der Waals surface area contributed by atoms with Gasteiger partial charge in [-0.1, -0.05) is 0 Å². The first kappa shape index (κ1) is 19.1. The van der Waals surface area contributed by atoms with Crippen molar-refractivity contribution < 1.29 is 9.53 Å². The van der Waals surface area contributed by atoms with Crippen molar-refractivity contribution in [1.29, 1.82) is 0 Å². The van der Waals surface area contributed by atoms with Crippen LogP contribution in [0.15, 0.2) is 30.5 Å². The first-order valence-corrected chi connectivity index (χ1v) is 9.77. The zero-order valence-corrected chi connectivity index (χ0v) is 16.8. The van der Waals surface area contributed by atoms with Gasteiger partial charge in [-0.15, -0.1) is 10.2 Å². The van der Waals surface area contributed by atoms with Crippen molar-refractivity contribution >= 4 is 28.4 Å². The van der Waals surface area contributed by atoms with Crippen LogP contribution in [-0.4, -0.2) is 58.2 Å². The fourth-order valence-corrected chi connectivity index (χ4v) is 3.51. The third kappa shape index (κ3) is 4.14. The van der Waals surface area contributed by atoms with E-state index in [4.69, 9.17) is 4.74 Å². The van der Waals surface area contributed by atoms with E-state index < -0.39 is 0 Å². The first-order valence-electron chi connectivity index (χ1n) is 9.77. The van der Waals surface area contributed by atoms with Crippen molar-refractivity contribution in [2.45, 2.75) is 19.9 Å². The Balaban J connectivity index is 1.53. The summed E-state index contributed by atoms with van der Waals surface area (Å²) in [5.41, 5.74) is 1.22. The number of rotatable bonds is 5. The highest BCUT2D eigenvalue weighted by atomic mass is 16.5. The predicted octanol–water partition coefficient (Wildman–Crippen LogP) is 1.81. The summed E-state index contributed by atoms with van der Waals surface area (Å²) in [6.07, 6.45) is 1.87. The minimum absolute atomic E-state index is 0.294. The quantitative estimate of drug-likeness (QED) is 0.680. The zero-order chi connectivity index (χ0) is 20.4. The Morgan fingerprint density at radius 2 is 2.21 bits per heavy atom. The molecule has 3 heterocycles. The normalized spacial score (nSPS) is 16.8. The number of fused-ring (bicyclic) bond motifs is 1. The lowest BCUT2D eigenvalue weighted by atomic mass is 10.1. The average molecular weight is 395 g/mol. The van der Waals surface area contributed by atoms with Gasteiger partial charge >= 0.3 is 0 Å². The molecule has 0 radical (unpaired) electrons. The summed E-state index contributed by atoms with van der Waals surface area (Å²) in [5.74, 6) is 1.41.